The predicted molar refractivity (Wildman–Crippen MR) is 111 cm³/mol. The SMILES string of the molecule is C[NH+](C)CCCOC(=O)CCCCCCCCCCCC[C@H]1C=CCC1. The Morgan fingerprint density at radius 3 is 2.12 bits per heavy atom. The van der Waals surface area contributed by atoms with Crippen molar-refractivity contribution in [2.24, 2.45) is 5.92 Å². The molecule has 0 radical (unpaired) electrons. The van der Waals surface area contributed by atoms with Gasteiger partial charge in [0.05, 0.1) is 27.2 Å². The van der Waals surface area contributed by atoms with Gasteiger partial charge in [0.15, 0.2) is 0 Å². The molecule has 0 aliphatic heterocycles. The van der Waals surface area contributed by atoms with E-state index in [0.717, 1.165) is 25.3 Å². The number of nitrogens with one attached hydrogen (secondary N) is 1. The summed E-state index contributed by atoms with van der Waals surface area (Å²) >= 11 is 0. The highest BCUT2D eigenvalue weighted by atomic mass is 16.5. The van der Waals surface area contributed by atoms with E-state index >= 15 is 0 Å². The number of esters is 1. The predicted octanol–water partition coefficient (Wildman–Crippen LogP) is 4.71. The molecule has 1 rings (SSSR count). The molecule has 0 bridgehead atoms. The Bertz CT molecular complexity index is 365. The summed E-state index contributed by atoms with van der Waals surface area (Å²) in [7, 11) is 4.24. The zero-order chi connectivity index (χ0) is 18.9. The van der Waals surface area contributed by atoms with E-state index in [4.69, 9.17) is 4.74 Å². The molecule has 0 aromatic carbocycles. The van der Waals surface area contributed by atoms with Crippen LogP contribution in [0.3, 0.4) is 0 Å². The number of quaternary nitrogens is 1. The maximum absolute atomic E-state index is 11.6. The van der Waals surface area contributed by atoms with E-state index in [1.807, 2.05) is 0 Å². The Kier molecular flexibility index (Phi) is 14.6. The number of unbranched alkanes of at least 4 members (excludes halogenated alkanes) is 9. The van der Waals surface area contributed by atoms with Crippen LogP contribution in [0.2, 0.25) is 0 Å². The van der Waals surface area contributed by atoms with Crippen LogP contribution in [0.15, 0.2) is 12.2 Å². The molecule has 0 aromatic heterocycles. The van der Waals surface area contributed by atoms with Crippen molar-refractivity contribution in [3.63, 3.8) is 0 Å². The molecule has 1 N–H and O–H groups in total. The number of allylic oxidation sites excluding steroid dienone is 2. The molecule has 0 saturated heterocycles. The van der Waals surface area contributed by atoms with E-state index < -0.39 is 0 Å². The Balaban J connectivity index is 1.72. The summed E-state index contributed by atoms with van der Waals surface area (Å²) < 4.78 is 5.26. The van der Waals surface area contributed by atoms with Gasteiger partial charge in [0.25, 0.3) is 0 Å². The Morgan fingerprint density at radius 2 is 1.54 bits per heavy atom. The van der Waals surface area contributed by atoms with Crippen molar-refractivity contribution in [3.05, 3.63) is 12.2 Å². The van der Waals surface area contributed by atoms with Crippen LogP contribution in [0.25, 0.3) is 0 Å². The van der Waals surface area contributed by atoms with Crippen LogP contribution >= 0.6 is 0 Å². The molecule has 1 aliphatic carbocycles. The number of rotatable bonds is 17. The largest absolute Gasteiger partial charge is 0.465 e. The van der Waals surface area contributed by atoms with Gasteiger partial charge < -0.3 is 9.64 Å². The third-order valence-corrected chi connectivity index (χ3v) is 5.40. The van der Waals surface area contributed by atoms with Gasteiger partial charge in [-0.3, -0.25) is 4.79 Å². The van der Waals surface area contributed by atoms with E-state index in [1.54, 1.807) is 0 Å². The van der Waals surface area contributed by atoms with Crippen molar-refractivity contribution in [3.8, 4) is 0 Å². The molecule has 26 heavy (non-hydrogen) atoms. The minimum absolute atomic E-state index is 0.00755. The lowest BCUT2D eigenvalue weighted by molar-refractivity contribution is -0.858. The van der Waals surface area contributed by atoms with Crippen LogP contribution in [0.5, 0.6) is 0 Å². The van der Waals surface area contributed by atoms with Gasteiger partial charge in [0, 0.05) is 12.8 Å². The highest BCUT2D eigenvalue weighted by Crippen LogP contribution is 2.23. The fourth-order valence-electron chi connectivity index (χ4n) is 3.71. The molecule has 0 saturated carbocycles. The van der Waals surface area contributed by atoms with Crippen LogP contribution in [0.1, 0.15) is 96.3 Å². The van der Waals surface area contributed by atoms with Crippen LogP contribution in [0, 0.1) is 5.92 Å². The smallest absolute Gasteiger partial charge is 0.305 e. The quantitative estimate of drug-likeness (QED) is 0.229. The molecule has 0 unspecified atom stereocenters. The molecule has 152 valence electrons. The standard InChI is InChI=1S/C23H43NO2/c1-24(2)20-15-21-26-23(25)19-12-10-8-6-4-3-5-7-9-11-16-22-17-13-14-18-22/h13,17,22H,3-12,14-16,18-21H2,1-2H3/p+1/t22-/m0/s1. The second kappa shape index (κ2) is 16.4. The molecule has 0 fully saturated rings. The fraction of sp³-hybridized carbons (Fsp3) is 0.870. The van der Waals surface area contributed by atoms with Crippen molar-refractivity contribution in [2.45, 2.75) is 96.3 Å². The zero-order valence-electron chi connectivity index (χ0n) is 17.6. The van der Waals surface area contributed by atoms with Gasteiger partial charge in [-0.1, -0.05) is 69.9 Å². The number of carbonyl (C=O) groups excluding carboxylic acids is 1. The lowest BCUT2D eigenvalue weighted by Crippen LogP contribution is -3.05. The van der Waals surface area contributed by atoms with Crippen molar-refractivity contribution < 1.29 is 14.4 Å². The molecule has 0 spiro atoms. The first-order valence-corrected chi connectivity index (χ1v) is 11.3. The van der Waals surface area contributed by atoms with E-state index in [2.05, 4.69) is 26.2 Å². The molecule has 3 heteroatoms. The lowest BCUT2D eigenvalue weighted by atomic mass is 9.99. The summed E-state index contributed by atoms with van der Waals surface area (Å²) in [5.41, 5.74) is 0. The first-order chi connectivity index (χ1) is 12.7. The minimum Gasteiger partial charge on any atom is -0.465 e. The van der Waals surface area contributed by atoms with Crippen molar-refractivity contribution >= 4 is 5.97 Å². The van der Waals surface area contributed by atoms with Crippen LogP contribution in [0.4, 0.5) is 0 Å². The van der Waals surface area contributed by atoms with Crippen molar-refractivity contribution in [2.75, 3.05) is 27.2 Å². The van der Waals surface area contributed by atoms with Gasteiger partial charge in [-0.05, 0) is 31.6 Å². The molecule has 3 nitrogen and oxygen atoms in total. The van der Waals surface area contributed by atoms with E-state index in [9.17, 15) is 4.79 Å². The Hall–Kier alpha value is -0.830. The summed E-state index contributed by atoms with van der Waals surface area (Å²) in [6.07, 6.45) is 23.6. The van der Waals surface area contributed by atoms with Crippen molar-refractivity contribution in [1.29, 1.82) is 0 Å². The summed E-state index contributed by atoms with van der Waals surface area (Å²) in [5, 5.41) is 0. The van der Waals surface area contributed by atoms with Gasteiger partial charge >= 0.3 is 5.97 Å². The Labute approximate surface area is 162 Å². The highest BCUT2D eigenvalue weighted by Gasteiger charge is 2.07. The second-order valence-corrected chi connectivity index (χ2v) is 8.37. The lowest BCUT2D eigenvalue weighted by Gasteiger charge is -2.08. The monoisotopic (exact) mass is 366 g/mol. The molecule has 0 amide bonds. The number of hydrogen-bond acceptors (Lipinski definition) is 2. The summed E-state index contributed by atoms with van der Waals surface area (Å²) in [4.78, 5) is 13.0. The molecule has 0 heterocycles. The maximum atomic E-state index is 11.6. The highest BCUT2D eigenvalue weighted by molar-refractivity contribution is 5.69. The van der Waals surface area contributed by atoms with E-state index in [0.29, 0.717) is 13.0 Å². The number of hydrogen-bond donors (Lipinski definition) is 1. The zero-order valence-corrected chi connectivity index (χ0v) is 17.6. The van der Waals surface area contributed by atoms with E-state index in [-0.39, 0.29) is 5.97 Å². The second-order valence-electron chi connectivity index (χ2n) is 8.37. The van der Waals surface area contributed by atoms with Crippen LogP contribution < -0.4 is 4.90 Å². The average molecular weight is 367 g/mol. The Morgan fingerprint density at radius 1 is 0.923 bits per heavy atom. The van der Waals surface area contributed by atoms with Crippen LogP contribution in [-0.2, 0) is 9.53 Å². The molecular formula is C23H44NO2+. The normalized spacial score (nSPS) is 16.5. The van der Waals surface area contributed by atoms with E-state index in [1.165, 1.54) is 81.9 Å². The summed E-state index contributed by atoms with van der Waals surface area (Å²) in [5.74, 6) is 0.887. The summed E-state index contributed by atoms with van der Waals surface area (Å²) in [6.45, 7) is 1.65. The molecule has 1 atom stereocenters. The van der Waals surface area contributed by atoms with Crippen molar-refractivity contribution in [1.82, 2.24) is 0 Å². The van der Waals surface area contributed by atoms with Gasteiger partial charge in [0.2, 0.25) is 0 Å². The van der Waals surface area contributed by atoms with Gasteiger partial charge in [-0.25, -0.2) is 0 Å². The first kappa shape index (κ1) is 23.2. The maximum Gasteiger partial charge on any atom is 0.305 e. The molecule has 1 aliphatic rings. The van der Waals surface area contributed by atoms with Gasteiger partial charge in [0.1, 0.15) is 0 Å². The van der Waals surface area contributed by atoms with Gasteiger partial charge in [-0.2, -0.15) is 0 Å². The summed E-state index contributed by atoms with van der Waals surface area (Å²) in [6, 6.07) is 0. The molecule has 0 aromatic rings. The van der Waals surface area contributed by atoms with Gasteiger partial charge in [-0.15, -0.1) is 0 Å². The fourth-order valence-corrected chi connectivity index (χ4v) is 3.71. The number of carbonyl (C=O) groups is 1. The first-order valence-electron chi connectivity index (χ1n) is 11.3. The minimum atomic E-state index is -0.00755. The van der Waals surface area contributed by atoms with Crippen LogP contribution in [-0.4, -0.2) is 33.2 Å². The third kappa shape index (κ3) is 14.4. The number of ether oxygens (including phenoxy) is 1. The molecular weight excluding hydrogens is 322 g/mol. The average Bonchev–Trinajstić information content (AvgIpc) is 3.13. The third-order valence-electron chi connectivity index (χ3n) is 5.40. The topological polar surface area (TPSA) is 30.7 Å².